The molecule has 1 aromatic carbocycles. The molecule has 0 fully saturated rings. The molecule has 17 heavy (non-hydrogen) atoms. The van der Waals surface area contributed by atoms with Gasteiger partial charge in [-0.2, -0.15) is 5.10 Å². The van der Waals surface area contributed by atoms with Gasteiger partial charge in [-0.3, -0.25) is 10.00 Å². The van der Waals surface area contributed by atoms with Crippen LogP contribution in [0, 0.1) is 0 Å². The van der Waals surface area contributed by atoms with Crippen LogP contribution in [0.4, 0.5) is 16.3 Å². The average Bonchev–Trinajstić information content (AvgIpc) is 2.59. The quantitative estimate of drug-likeness (QED) is 0.735. The third kappa shape index (κ3) is 2.36. The van der Waals surface area contributed by atoms with Crippen LogP contribution in [-0.2, 0) is 7.05 Å². The van der Waals surface area contributed by atoms with Crippen LogP contribution in [0.1, 0.15) is 0 Å². The van der Waals surface area contributed by atoms with E-state index in [1.807, 2.05) is 0 Å². The Kier molecular flexibility index (Phi) is 2.70. The van der Waals surface area contributed by atoms with E-state index in [2.05, 4.69) is 10.4 Å². The number of nitrogens with two attached hydrogens (primary N) is 1. The molecule has 1 heterocycles. The third-order valence-corrected chi connectivity index (χ3v) is 2.35. The zero-order valence-electron chi connectivity index (χ0n) is 9.21. The van der Waals surface area contributed by atoms with Crippen LogP contribution >= 0.6 is 0 Å². The highest BCUT2D eigenvalue weighted by atomic mass is 16.4. The number of amides is 1. The number of aromatic nitrogens is 2. The summed E-state index contributed by atoms with van der Waals surface area (Å²) >= 11 is 0. The highest BCUT2D eigenvalue weighted by Crippen LogP contribution is 2.21. The minimum absolute atomic E-state index is 0.519. The molecule has 0 aliphatic heterocycles. The number of nitrogens with one attached hydrogen (secondary N) is 1. The summed E-state index contributed by atoms with van der Waals surface area (Å²) in [5.41, 5.74) is 7.84. The van der Waals surface area contributed by atoms with E-state index < -0.39 is 6.09 Å². The smallest absolute Gasteiger partial charge is 0.409 e. The minimum Gasteiger partial charge on any atom is -0.465 e. The van der Waals surface area contributed by atoms with E-state index in [-0.39, 0.29) is 0 Å². The summed E-state index contributed by atoms with van der Waals surface area (Å²) in [5, 5.41) is 15.0. The molecule has 6 nitrogen and oxygen atoms in total. The van der Waals surface area contributed by atoms with Gasteiger partial charge in [0.2, 0.25) is 0 Å². The number of nitrogen functional groups attached to an aromatic ring is 1. The lowest BCUT2D eigenvalue weighted by Crippen LogP contribution is -2.06. The first-order valence-electron chi connectivity index (χ1n) is 4.96. The van der Waals surface area contributed by atoms with Crippen LogP contribution in [0.5, 0.6) is 0 Å². The largest absolute Gasteiger partial charge is 0.465 e. The van der Waals surface area contributed by atoms with Crippen LogP contribution in [0.25, 0.3) is 11.3 Å². The van der Waals surface area contributed by atoms with Crippen LogP contribution in [0.2, 0.25) is 0 Å². The molecule has 2 rings (SSSR count). The maximum absolute atomic E-state index is 10.4. The van der Waals surface area contributed by atoms with Gasteiger partial charge >= 0.3 is 6.09 Å². The zero-order chi connectivity index (χ0) is 12.4. The Morgan fingerprint density at radius 1 is 1.41 bits per heavy atom. The maximum atomic E-state index is 10.4. The fraction of sp³-hybridized carbons (Fsp3) is 0.0909. The van der Waals surface area contributed by atoms with Crippen molar-refractivity contribution in [1.29, 1.82) is 0 Å². The summed E-state index contributed by atoms with van der Waals surface area (Å²) < 4.78 is 1.58. The normalized spacial score (nSPS) is 10.2. The van der Waals surface area contributed by atoms with Crippen LogP contribution < -0.4 is 11.1 Å². The second-order valence-corrected chi connectivity index (χ2v) is 3.59. The lowest BCUT2D eigenvalue weighted by molar-refractivity contribution is 0.210. The Morgan fingerprint density at radius 3 is 2.53 bits per heavy atom. The molecule has 0 radical (unpaired) electrons. The molecule has 1 amide bonds. The molecule has 88 valence electrons. The fourth-order valence-corrected chi connectivity index (χ4v) is 1.47. The molecule has 0 saturated heterocycles. The summed E-state index contributed by atoms with van der Waals surface area (Å²) in [6.07, 6.45) is -1.08. The van der Waals surface area contributed by atoms with Gasteiger partial charge in [0.05, 0.1) is 5.69 Å². The predicted octanol–water partition coefficient (Wildman–Crippen LogP) is 1.76. The third-order valence-electron chi connectivity index (χ3n) is 2.35. The molecular weight excluding hydrogens is 220 g/mol. The molecule has 0 aliphatic rings. The van der Waals surface area contributed by atoms with Crippen molar-refractivity contribution in [2.45, 2.75) is 0 Å². The number of nitrogens with zero attached hydrogens (tertiary/aromatic N) is 2. The summed E-state index contributed by atoms with van der Waals surface area (Å²) in [6, 6.07) is 8.68. The van der Waals surface area contributed by atoms with Crippen LogP contribution in [0.3, 0.4) is 0 Å². The van der Waals surface area contributed by atoms with Crippen molar-refractivity contribution in [3.05, 3.63) is 30.3 Å². The number of aryl methyl sites for hydroxylation is 1. The predicted molar refractivity (Wildman–Crippen MR) is 64.7 cm³/mol. The Bertz CT molecular complexity index is 526. The second-order valence-electron chi connectivity index (χ2n) is 3.59. The average molecular weight is 232 g/mol. The van der Waals surface area contributed by atoms with Crippen molar-refractivity contribution < 1.29 is 9.90 Å². The molecule has 0 aliphatic carbocycles. The van der Waals surface area contributed by atoms with Gasteiger partial charge in [-0.25, -0.2) is 4.79 Å². The molecule has 0 saturated carbocycles. The summed E-state index contributed by atoms with van der Waals surface area (Å²) in [4.78, 5) is 10.4. The molecule has 2 aromatic rings. The summed E-state index contributed by atoms with van der Waals surface area (Å²) in [7, 11) is 1.76. The zero-order valence-corrected chi connectivity index (χ0v) is 9.21. The van der Waals surface area contributed by atoms with Crippen molar-refractivity contribution in [1.82, 2.24) is 9.78 Å². The van der Waals surface area contributed by atoms with E-state index >= 15 is 0 Å². The number of hydrogen-bond donors (Lipinski definition) is 3. The molecule has 0 atom stereocenters. The van der Waals surface area contributed by atoms with E-state index in [9.17, 15) is 4.79 Å². The lowest BCUT2D eigenvalue weighted by Gasteiger charge is -2.01. The minimum atomic E-state index is -1.08. The van der Waals surface area contributed by atoms with Crippen molar-refractivity contribution in [2.75, 3.05) is 11.1 Å². The Hall–Kier alpha value is -2.50. The second kappa shape index (κ2) is 4.17. The van der Waals surface area contributed by atoms with Crippen LogP contribution in [-0.4, -0.2) is 21.0 Å². The Balaban J connectivity index is 2.26. The fourth-order valence-electron chi connectivity index (χ4n) is 1.47. The summed E-state index contributed by atoms with van der Waals surface area (Å²) in [6.45, 7) is 0. The number of benzene rings is 1. The SMILES string of the molecule is Cn1nc(-c2ccc(NC(=O)O)cc2)cc1N. The molecule has 0 unspecified atom stereocenters. The highest BCUT2D eigenvalue weighted by Gasteiger charge is 2.05. The summed E-state index contributed by atoms with van der Waals surface area (Å²) in [5.74, 6) is 0.577. The Labute approximate surface area is 97.7 Å². The van der Waals surface area contributed by atoms with Gasteiger partial charge in [0, 0.05) is 24.4 Å². The van der Waals surface area contributed by atoms with Crippen molar-refractivity contribution in [3.8, 4) is 11.3 Å². The standard InChI is InChI=1S/C11H12N4O2/c1-15-10(12)6-9(14-15)7-2-4-8(5-3-7)13-11(16)17/h2-6,13H,12H2,1H3,(H,16,17). The van der Waals surface area contributed by atoms with Gasteiger partial charge in [0.1, 0.15) is 5.82 Å². The molecule has 0 spiro atoms. The first kappa shape index (κ1) is 11.0. The number of carboxylic acid groups (broad SMARTS) is 1. The molecule has 0 bridgehead atoms. The van der Waals surface area contributed by atoms with Gasteiger partial charge in [-0.05, 0) is 12.1 Å². The number of carbonyl (C=O) groups is 1. The van der Waals surface area contributed by atoms with Crippen molar-refractivity contribution in [2.24, 2.45) is 7.05 Å². The van der Waals surface area contributed by atoms with Crippen molar-refractivity contribution in [3.63, 3.8) is 0 Å². The van der Waals surface area contributed by atoms with E-state index in [1.165, 1.54) is 0 Å². The van der Waals surface area contributed by atoms with E-state index in [4.69, 9.17) is 10.8 Å². The van der Waals surface area contributed by atoms with E-state index in [0.717, 1.165) is 11.3 Å². The topological polar surface area (TPSA) is 93.2 Å². The van der Waals surface area contributed by atoms with Crippen molar-refractivity contribution >= 4 is 17.6 Å². The van der Waals surface area contributed by atoms with E-state index in [0.29, 0.717) is 11.5 Å². The molecular formula is C11H12N4O2. The molecule has 6 heteroatoms. The number of rotatable bonds is 2. The monoisotopic (exact) mass is 232 g/mol. The molecule has 1 aromatic heterocycles. The lowest BCUT2D eigenvalue weighted by atomic mass is 10.1. The van der Waals surface area contributed by atoms with Gasteiger partial charge in [-0.15, -0.1) is 0 Å². The van der Waals surface area contributed by atoms with Crippen LogP contribution in [0.15, 0.2) is 30.3 Å². The number of anilines is 2. The maximum Gasteiger partial charge on any atom is 0.409 e. The number of hydrogen-bond acceptors (Lipinski definition) is 3. The van der Waals surface area contributed by atoms with Gasteiger partial charge in [0.25, 0.3) is 0 Å². The van der Waals surface area contributed by atoms with E-state index in [1.54, 1.807) is 42.1 Å². The van der Waals surface area contributed by atoms with Gasteiger partial charge < -0.3 is 10.8 Å². The van der Waals surface area contributed by atoms with Gasteiger partial charge in [0.15, 0.2) is 0 Å². The first-order valence-corrected chi connectivity index (χ1v) is 4.96. The molecule has 4 N–H and O–H groups in total. The Morgan fingerprint density at radius 2 is 2.06 bits per heavy atom. The van der Waals surface area contributed by atoms with Gasteiger partial charge in [-0.1, -0.05) is 12.1 Å². The first-order chi connectivity index (χ1) is 8.06. The highest BCUT2D eigenvalue weighted by molar-refractivity contribution is 5.83.